The Morgan fingerprint density at radius 1 is 1.00 bits per heavy atom. The van der Waals surface area contributed by atoms with Crippen LogP contribution in [-0.4, -0.2) is 10.9 Å². The molecule has 0 aliphatic heterocycles. The van der Waals surface area contributed by atoms with Gasteiger partial charge in [0.1, 0.15) is 0 Å². The standard InChI is InChI=1S/C22H24N2O/c1-5-16-8-7-9-17(6-2)21(16)24-22(25)19-13-15(4)23-20-11-10-14(3)12-18(19)20/h7-13H,5-6H2,1-4H3,(H,24,25). The molecule has 3 heteroatoms. The van der Waals surface area contributed by atoms with Crippen molar-refractivity contribution in [3.63, 3.8) is 0 Å². The van der Waals surface area contributed by atoms with Crippen LogP contribution >= 0.6 is 0 Å². The minimum absolute atomic E-state index is 0.0725. The molecule has 2 aromatic carbocycles. The Morgan fingerprint density at radius 2 is 1.68 bits per heavy atom. The van der Waals surface area contributed by atoms with Gasteiger partial charge in [-0.15, -0.1) is 0 Å². The van der Waals surface area contributed by atoms with E-state index in [1.54, 1.807) is 0 Å². The number of nitrogens with one attached hydrogen (secondary N) is 1. The minimum Gasteiger partial charge on any atom is -0.321 e. The second kappa shape index (κ2) is 7.06. The second-order valence-electron chi connectivity index (χ2n) is 6.44. The number of benzene rings is 2. The summed E-state index contributed by atoms with van der Waals surface area (Å²) in [4.78, 5) is 17.6. The Bertz CT molecular complexity index is 922. The highest BCUT2D eigenvalue weighted by molar-refractivity contribution is 6.13. The van der Waals surface area contributed by atoms with Crippen molar-refractivity contribution in [3.05, 3.63) is 70.4 Å². The number of amides is 1. The average Bonchev–Trinajstić information content (AvgIpc) is 2.61. The molecule has 0 fully saturated rings. The number of aromatic nitrogens is 1. The minimum atomic E-state index is -0.0725. The molecule has 0 spiro atoms. The van der Waals surface area contributed by atoms with E-state index in [2.05, 4.69) is 42.3 Å². The van der Waals surface area contributed by atoms with Crippen LogP contribution in [0, 0.1) is 13.8 Å². The summed E-state index contributed by atoms with van der Waals surface area (Å²) < 4.78 is 0. The third kappa shape index (κ3) is 3.41. The maximum Gasteiger partial charge on any atom is 0.256 e. The highest BCUT2D eigenvalue weighted by atomic mass is 16.1. The van der Waals surface area contributed by atoms with Crippen molar-refractivity contribution in [2.75, 3.05) is 5.32 Å². The number of nitrogens with zero attached hydrogens (tertiary/aromatic N) is 1. The van der Waals surface area contributed by atoms with E-state index in [1.165, 1.54) is 11.1 Å². The van der Waals surface area contributed by atoms with Crippen LogP contribution in [0.3, 0.4) is 0 Å². The molecular formula is C22H24N2O. The van der Waals surface area contributed by atoms with E-state index in [9.17, 15) is 4.79 Å². The summed E-state index contributed by atoms with van der Waals surface area (Å²) >= 11 is 0. The number of carbonyl (C=O) groups is 1. The van der Waals surface area contributed by atoms with Crippen LogP contribution in [0.4, 0.5) is 5.69 Å². The van der Waals surface area contributed by atoms with Gasteiger partial charge >= 0.3 is 0 Å². The fraction of sp³-hybridized carbons (Fsp3) is 0.273. The van der Waals surface area contributed by atoms with Crippen LogP contribution in [0.1, 0.15) is 46.6 Å². The molecule has 3 aromatic rings. The zero-order valence-electron chi connectivity index (χ0n) is 15.3. The zero-order valence-corrected chi connectivity index (χ0v) is 15.3. The van der Waals surface area contributed by atoms with Crippen LogP contribution in [-0.2, 0) is 12.8 Å². The molecule has 0 aliphatic rings. The number of fused-ring (bicyclic) bond motifs is 1. The number of anilines is 1. The summed E-state index contributed by atoms with van der Waals surface area (Å²) in [5.41, 5.74) is 6.79. The van der Waals surface area contributed by atoms with Gasteiger partial charge in [-0.2, -0.15) is 0 Å². The lowest BCUT2D eigenvalue weighted by Crippen LogP contribution is -2.16. The monoisotopic (exact) mass is 332 g/mol. The van der Waals surface area contributed by atoms with Gasteiger partial charge in [-0.25, -0.2) is 0 Å². The molecule has 0 bridgehead atoms. The zero-order chi connectivity index (χ0) is 18.0. The quantitative estimate of drug-likeness (QED) is 0.711. The summed E-state index contributed by atoms with van der Waals surface area (Å²) in [6.45, 7) is 8.18. The normalized spacial score (nSPS) is 10.9. The van der Waals surface area contributed by atoms with Gasteiger partial charge in [0.15, 0.2) is 0 Å². The molecule has 1 heterocycles. The third-order valence-corrected chi connectivity index (χ3v) is 4.57. The summed E-state index contributed by atoms with van der Waals surface area (Å²) in [6.07, 6.45) is 1.78. The van der Waals surface area contributed by atoms with Crippen LogP contribution < -0.4 is 5.32 Å². The van der Waals surface area contributed by atoms with Crippen molar-refractivity contribution < 1.29 is 4.79 Å². The highest BCUT2D eigenvalue weighted by Gasteiger charge is 2.15. The van der Waals surface area contributed by atoms with Crippen LogP contribution in [0.15, 0.2) is 42.5 Å². The van der Waals surface area contributed by atoms with E-state index in [0.29, 0.717) is 5.56 Å². The van der Waals surface area contributed by atoms with Gasteiger partial charge in [-0.1, -0.05) is 43.7 Å². The molecule has 0 saturated heterocycles. The van der Waals surface area contributed by atoms with Gasteiger partial charge < -0.3 is 5.32 Å². The average molecular weight is 332 g/mol. The summed E-state index contributed by atoms with van der Waals surface area (Å²) in [7, 11) is 0. The largest absolute Gasteiger partial charge is 0.321 e. The molecule has 1 N–H and O–H groups in total. The third-order valence-electron chi connectivity index (χ3n) is 4.57. The predicted molar refractivity (Wildman–Crippen MR) is 104 cm³/mol. The lowest BCUT2D eigenvalue weighted by atomic mass is 10.0. The van der Waals surface area contributed by atoms with Gasteiger partial charge in [0, 0.05) is 16.8 Å². The van der Waals surface area contributed by atoms with Crippen molar-refractivity contribution in [2.24, 2.45) is 0 Å². The first kappa shape index (κ1) is 17.2. The SMILES string of the molecule is CCc1cccc(CC)c1NC(=O)c1cc(C)nc2ccc(C)cc12. The van der Waals surface area contributed by atoms with E-state index in [-0.39, 0.29) is 5.91 Å². The number of hydrogen-bond donors (Lipinski definition) is 1. The Balaban J connectivity index is 2.09. The molecule has 3 rings (SSSR count). The van der Waals surface area contributed by atoms with Gasteiger partial charge in [0.25, 0.3) is 5.91 Å². The van der Waals surface area contributed by atoms with Crippen LogP contribution in [0.25, 0.3) is 10.9 Å². The predicted octanol–water partition coefficient (Wildman–Crippen LogP) is 5.23. The van der Waals surface area contributed by atoms with E-state index in [1.807, 2.05) is 38.1 Å². The van der Waals surface area contributed by atoms with Gasteiger partial charge in [-0.3, -0.25) is 9.78 Å². The lowest BCUT2D eigenvalue weighted by Gasteiger charge is -2.15. The number of aryl methyl sites for hydroxylation is 4. The summed E-state index contributed by atoms with van der Waals surface area (Å²) in [5, 5.41) is 4.07. The number of pyridine rings is 1. The van der Waals surface area contributed by atoms with E-state index in [4.69, 9.17) is 0 Å². The first-order valence-corrected chi connectivity index (χ1v) is 8.83. The van der Waals surface area contributed by atoms with Crippen molar-refractivity contribution in [1.29, 1.82) is 0 Å². The van der Waals surface area contributed by atoms with Crippen LogP contribution in [0.5, 0.6) is 0 Å². The fourth-order valence-corrected chi connectivity index (χ4v) is 3.24. The number of para-hydroxylation sites is 1. The van der Waals surface area contributed by atoms with Crippen molar-refractivity contribution >= 4 is 22.5 Å². The second-order valence-corrected chi connectivity index (χ2v) is 6.44. The topological polar surface area (TPSA) is 42.0 Å². The molecule has 0 aliphatic carbocycles. The summed E-state index contributed by atoms with van der Waals surface area (Å²) in [5.74, 6) is -0.0725. The molecule has 128 valence electrons. The molecule has 0 atom stereocenters. The van der Waals surface area contributed by atoms with Crippen LogP contribution in [0.2, 0.25) is 0 Å². The molecular weight excluding hydrogens is 308 g/mol. The molecule has 1 amide bonds. The lowest BCUT2D eigenvalue weighted by molar-refractivity contribution is 0.102. The number of rotatable bonds is 4. The Morgan fingerprint density at radius 3 is 2.32 bits per heavy atom. The van der Waals surface area contributed by atoms with E-state index in [0.717, 1.165) is 40.7 Å². The highest BCUT2D eigenvalue weighted by Crippen LogP contribution is 2.25. The molecule has 0 unspecified atom stereocenters. The maximum absolute atomic E-state index is 13.1. The molecule has 0 saturated carbocycles. The van der Waals surface area contributed by atoms with E-state index >= 15 is 0 Å². The first-order chi connectivity index (χ1) is 12.0. The van der Waals surface area contributed by atoms with Crippen molar-refractivity contribution in [1.82, 2.24) is 4.98 Å². The molecule has 0 radical (unpaired) electrons. The molecule has 1 aromatic heterocycles. The number of hydrogen-bond acceptors (Lipinski definition) is 2. The number of carbonyl (C=O) groups excluding carboxylic acids is 1. The van der Waals surface area contributed by atoms with Gasteiger partial charge in [0.2, 0.25) is 0 Å². The van der Waals surface area contributed by atoms with Gasteiger partial charge in [-0.05, 0) is 56.0 Å². The smallest absolute Gasteiger partial charge is 0.256 e. The van der Waals surface area contributed by atoms with Crippen molar-refractivity contribution in [2.45, 2.75) is 40.5 Å². The Labute approximate surface area is 149 Å². The Hall–Kier alpha value is -2.68. The fourth-order valence-electron chi connectivity index (χ4n) is 3.24. The van der Waals surface area contributed by atoms with Gasteiger partial charge in [0.05, 0.1) is 11.1 Å². The maximum atomic E-state index is 13.1. The first-order valence-electron chi connectivity index (χ1n) is 8.83. The Kier molecular flexibility index (Phi) is 4.84. The summed E-state index contributed by atoms with van der Waals surface area (Å²) in [6, 6.07) is 14.1. The molecule has 3 nitrogen and oxygen atoms in total. The van der Waals surface area contributed by atoms with Crippen molar-refractivity contribution in [3.8, 4) is 0 Å². The van der Waals surface area contributed by atoms with E-state index < -0.39 is 0 Å². The molecule has 25 heavy (non-hydrogen) atoms.